The summed E-state index contributed by atoms with van der Waals surface area (Å²) in [4.78, 5) is -0.297. The molecule has 0 amide bonds. The van der Waals surface area contributed by atoms with Crippen LogP contribution in [0.5, 0.6) is 5.75 Å². The number of benzene rings is 1. The summed E-state index contributed by atoms with van der Waals surface area (Å²) in [5, 5.41) is 20.2. The molecule has 14 heavy (non-hydrogen) atoms. The van der Waals surface area contributed by atoms with Crippen LogP contribution in [0.3, 0.4) is 0 Å². The molecule has 0 radical (unpaired) electrons. The molecule has 0 fully saturated rings. The average Bonchev–Trinajstić information content (AvgIpc) is 2.17. The van der Waals surface area contributed by atoms with Crippen LogP contribution >= 0.6 is 0 Å². The third kappa shape index (κ3) is 2.01. The van der Waals surface area contributed by atoms with Crippen molar-refractivity contribution in [1.82, 2.24) is 0 Å². The van der Waals surface area contributed by atoms with Gasteiger partial charge in [-0.15, -0.1) is 0 Å². The average molecular weight is 215 g/mol. The van der Waals surface area contributed by atoms with Gasteiger partial charge in [-0.1, -0.05) is 5.16 Å². The fourth-order valence-electron chi connectivity index (χ4n) is 0.865. The van der Waals surface area contributed by atoms with Gasteiger partial charge < -0.3 is 20.6 Å². The van der Waals surface area contributed by atoms with E-state index < -0.39 is 11.1 Å². The number of nitrogens with zero attached hydrogens (tertiary/aromatic N) is 1. The summed E-state index contributed by atoms with van der Waals surface area (Å²) < 4.78 is 21.2. The van der Waals surface area contributed by atoms with E-state index >= 15 is 0 Å². The molecule has 0 saturated heterocycles. The summed E-state index contributed by atoms with van der Waals surface area (Å²) in [6.07, 6.45) is 0. The van der Waals surface area contributed by atoms with Gasteiger partial charge in [0.2, 0.25) is 0 Å². The molecule has 6 nitrogen and oxygen atoms in total. The molecule has 0 spiro atoms. The van der Waals surface area contributed by atoms with Crippen LogP contribution in [0.2, 0.25) is 0 Å². The van der Waals surface area contributed by atoms with Gasteiger partial charge in [-0.25, -0.2) is 0 Å². The first kappa shape index (κ1) is 10.5. The minimum absolute atomic E-state index is 0.213. The minimum Gasteiger partial charge on any atom is -0.768 e. The van der Waals surface area contributed by atoms with Gasteiger partial charge in [-0.3, -0.25) is 4.21 Å². The predicted molar refractivity (Wildman–Crippen MR) is 47.8 cm³/mol. The molecule has 0 aliphatic rings. The van der Waals surface area contributed by atoms with E-state index in [2.05, 4.69) is 5.16 Å². The Bertz CT molecular complexity index is 405. The minimum atomic E-state index is -2.56. The third-order valence-corrected chi connectivity index (χ3v) is 2.23. The van der Waals surface area contributed by atoms with E-state index in [-0.39, 0.29) is 22.0 Å². The fourth-order valence-corrected chi connectivity index (χ4v) is 1.33. The van der Waals surface area contributed by atoms with Crippen molar-refractivity contribution in [3.63, 3.8) is 0 Å². The molecule has 4 N–H and O–H groups in total. The third-order valence-electron chi connectivity index (χ3n) is 1.54. The zero-order valence-electron chi connectivity index (χ0n) is 6.88. The first-order valence-corrected chi connectivity index (χ1v) is 4.54. The van der Waals surface area contributed by atoms with E-state index in [9.17, 15) is 8.76 Å². The van der Waals surface area contributed by atoms with Gasteiger partial charge >= 0.3 is 0 Å². The summed E-state index contributed by atoms with van der Waals surface area (Å²) >= 11 is -2.56. The molecule has 0 bridgehead atoms. The van der Waals surface area contributed by atoms with Crippen molar-refractivity contribution in [3.8, 4) is 5.75 Å². The van der Waals surface area contributed by atoms with Gasteiger partial charge in [-0.05, 0) is 29.3 Å². The standard InChI is InChI=1S/C7H8N2O4S/c8-7(9-11)4-1-2-5(10)6(3-4)14(12)13/h1-3,10-11H,(H2,8,9)(H,12,13)/p-1. The normalized spacial score (nSPS) is 13.9. The second kappa shape index (κ2) is 4.07. The van der Waals surface area contributed by atoms with E-state index in [0.717, 1.165) is 12.1 Å². The molecule has 0 saturated carbocycles. The van der Waals surface area contributed by atoms with E-state index in [4.69, 9.17) is 16.0 Å². The molecule has 76 valence electrons. The number of nitrogens with two attached hydrogens (primary N) is 1. The summed E-state index contributed by atoms with van der Waals surface area (Å²) in [5.74, 6) is -0.607. The first-order valence-electron chi connectivity index (χ1n) is 3.46. The molecule has 1 aromatic carbocycles. The van der Waals surface area contributed by atoms with Crippen LogP contribution < -0.4 is 5.73 Å². The number of aromatic hydroxyl groups is 1. The van der Waals surface area contributed by atoms with Crippen molar-refractivity contribution in [2.75, 3.05) is 0 Å². The number of hydrogen-bond donors (Lipinski definition) is 3. The summed E-state index contributed by atoms with van der Waals surface area (Å²) in [6, 6.07) is 3.59. The van der Waals surface area contributed by atoms with E-state index in [1.807, 2.05) is 0 Å². The van der Waals surface area contributed by atoms with Crippen molar-refractivity contribution in [3.05, 3.63) is 23.8 Å². The predicted octanol–water partition coefficient (Wildman–Crippen LogP) is -0.275. The highest BCUT2D eigenvalue weighted by molar-refractivity contribution is 7.79. The zero-order valence-corrected chi connectivity index (χ0v) is 7.69. The largest absolute Gasteiger partial charge is 0.768 e. The van der Waals surface area contributed by atoms with Gasteiger partial charge in [0.15, 0.2) is 5.84 Å². The lowest BCUT2D eigenvalue weighted by atomic mass is 10.2. The van der Waals surface area contributed by atoms with Gasteiger partial charge in [-0.2, -0.15) is 0 Å². The van der Waals surface area contributed by atoms with E-state index in [0.29, 0.717) is 0 Å². The smallest absolute Gasteiger partial charge is 0.170 e. The molecule has 0 heterocycles. The Balaban J connectivity index is 3.26. The molecular formula is C7H7N2O4S-. The molecule has 1 atom stereocenters. The Hall–Kier alpha value is -1.60. The van der Waals surface area contributed by atoms with Crippen molar-refractivity contribution < 1.29 is 19.1 Å². The van der Waals surface area contributed by atoms with Crippen LogP contribution in [0.4, 0.5) is 0 Å². The first-order chi connectivity index (χ1) is 6.56. The number of phenols is 1. The van der Waals surface area contributed by atoms with Crippen LogP contribution in [0.15, 0.2) is 28.3 Å². The van der Waals surface area contributed by atoms with Crippen LogP contribution in [0, 0.1) is 0 Å². The van der Waals surface area contributed by atoms with Crippen LogP contribution in [0.25, 0.3) is 0 Å². The SMILES string of the molecule is NC(=NO)c1ccc(O)c(S(=O)[O-])c1. The second-order valence-corrected chi connectivity index (χ2v) is 3.31. The lowest BCUT2D eigenvalue weighted by Gasteiger charge is -2.08. The van der Waals surface area contributed by atoms with Gasteiger partial charge in [0.1, 0.15) is 5.75 Å². The molecule has 1 aromatic rings. The Kier molecular flexibility index (Phi) is 3.05. The number of amidine groups is 1. The molecule has 0 aromatic heterocycles. The molecule has 1 unspecified atom stereocenters. The maximum absolute atomic E-state index is 10.6. The van der Waals surface area contributed by atoms with Crippen molar-refractivity contribution in [1.29, 1.82) is 0 Å². The van der Waals surface area contributed by atoms with Crippen molar-refractivity contribution in [2.45, 2.75) is 4.90 Å². The quantitative estimate of drug-likeness (QED) is 0.206. The number of oxime groups is 1. The lowest BCUT2D eigenvalue weighted by molar-refractivity contribution is 0.318. The highest BCUT2D eigenvalue weighted by Crippen LogP contribution is 2.20. The Labute approximate surface area is 82.0 Å². The highest BCUT2D eigenvalue weighted by atomic mass is 32.2. The highest BCUT2D eigenvalue weighted by Gasteiger charge is 2.05. The summed E-state index contributed by atoms with van der Waals surface area (Å²) in [5.41, 5.74) is 5.44. The Morgan fingerprint density at radius 1 is 1.57 bits per heavy atom. The van der Waals surface area contributed by atoms with Gasteiger partial charge in [0, 0.05) is 5.56 Å². The van der Waals surface area contributed by atoms with E-state index in [1.54, 1.807) is 0 Å². The Morgan fingerprint density at radius 3 is 2.71 bits per heavy atom. The molecule has 7 heteroatoms. The number of phenolic OH excluding ortho intramolecular Hbond substituents is 1. The van der Waals surface area contributed by atoms with Crippen molar-refractivity contribution >= 4 is 16.9 Å². The van der Waals surface area contributed by atoms with Gasteiger partial charge in [0.25, 0.3) is 0 Å². The zero-order chi connectivity index (χ0) is 10.7. The fraction of sp³-hybridized carbons (Fsp3) is 0. The van der Waals surface area contributed by atoms with Gasteiger partial charge in [0.05, 0.1) is 4.90 Å². The van der Waals surface area contributed by atoms with Crippen LogP contribution in [-0.4, -0.2) is 24.9 Å². The molecule has 1 rings (SSSR count). The van der Waals surface area contributed by atoms with Crippen LogP contribution in [-0.2, 0) is 11.1 Å². The molecule has 0 aliphatic carbocycles. The topological polar surface area (TPSA) is 119 Å². The monoisotopic (exact) mass is 215 g/mol. The lowest BCUT2D eigenvalue weighted by Crippen LogP contribution is -2.13. The number of rotatable bonds is 2. The molecular weight excluding hydrogens is 208 g/mol. The summed E-state index contributed by atoms with van der Waals surface area (Å²) in [6.45, 7) is 0. The van der Waals surface area contributed by atoms with Crippen LogP contribution in [0.1, 0.15) is 5.56 Å². The summed E-state index contributed by atoms with van der Waals surface area (Å²) in [7, 11) is 0. The van der Waals surface area contributed by atoms with E-state index in [1.165, 1.54) is 6.07 Å². The maximum Gasteiger partial charge on any atom is 0.170 e. The Morgan fingerprint density at radius 2 is 2.21 bits per heavy atom. The maximum atomic E-state index is 10.6. The second-order valence-electron chi connectivity index (χ2n) is 2.40. The molecule has 0 aliphatic heterocycles. The van der Waals surface area contributed by atoms with Crippen molar-refractivity contribution in [2.24, 2.45) is 10.9 Å². The number of hydrogen-bond acceptors (Lipinski definition) is 5.